The van der Waals surface area contributed by atoms with E-state index in [1.165, 1.54) is 7.05 Å². The summed E-state index contributed by atoms with van der Waals surface area (Å²) in [5, 5.41) is 0. The fraction of sp³-hybridized carbons (Fsp3) is 1.00. The second kappa shape index (κ2) is 36.1. The summed E-state index contributed by atoms with van der Waals surface area (Å²) in [6.07, 6.45) is 0. The second-order valence-corrected chi connectivity index (χ2v) is 0. The van der Waals surface area contributed by atoms with E-state index in [1.807, 2.05) is 0 Å². The summed E-state index contributed by atoms with van der Waals surface area (Å²) in [5.41, 5.74) is 4.50. The van der Waals surface area contributed by atoms with Crippen molar-refractivity contribution < 1.29 is 0 Å². The van der Waals surface area contributed by atoms with Crippen molar-refractivity contribution in [2.45, 2.75) is 0 Å². The van der Waals surface area contributed by atoms with Gasteiger partial charge in [0.25, 0.3) is 0 Å². The Morgan fingerprint density at radius 3 is 1.20 bits per heavy atom. The molecule has 0 atom stereocenters. The standard InChI is InChI=1S/CH5N.BrH.HI.Pb.2H/c1-2;;;;;/h2H2,1H3;2*1H;;;. The summed E-state index contributed by atoms with van der Waals surface area (Å²) >= 11 is 0. The van der Waals surface area contributed by atoms with Crippen LogP contribution in [0.2, 0.25) is 0 Å². The molecule has 0 aromatic rings. The van der Waals surface area contributed by atoms with Crippen LogP contribution in [0.1, 0.15) is 0 Å². The van der Waals surface area contributed by atoms with Crippen molar-refractivity contribution >= 4 is 68.3 Å². The van der Waals surface area contributed by atoms with Crippen LogP contribution in [-0.4, -0.2) is 34.3 Å². The van der Waals surface area contributed by atoms with Crippen LogP contribution in [0.4, 0.5) is 0 Å². The number of nitrogens with two attached hydrogens (primary N) is 1. The van der Waals surface area contributed by atoms with Gasteiger partial charge in [-0.1, -0.05) is 0 Å². The Bertz CT molecular complexity index is 11.6. The van der Waals surface area contributed by atoms with E-state index in [9.17, 15) is 0 Å². The topological polar surface area (TPSA) is 26.0 Å². The van der Waals surface area contributed by atoms with Crippen molar-refractivity contribution in [3.8, 4) is 0 Å². The summed E-state index contributed by atoms with van der Waals surface area (Å²) in [4.78, 5) is 0. The zero-order valence-electron chi connectivity index (χ0n) is 3.10. The van der Waals surface area contributed by atoms with Crippen molar-refractivity contribution in [1.82, 2.24) is 0 Å². The van der Waals surface area contributed by atoms with Crippen LogP contribution in [-0.2, 0) is 0 Å². The van der Waals surface area contributed by atoms with E-state index in [-0.39, 0.29) is 68.3 Å². The van der Waals surface area contributed by atoms with Gasteiger partial charge in [0.15, 0.2) is 0 Å². The Morgan fingerprint density at radius 1 is 1.20 bits per heavy atom. The Kier molecular flexibility index (Phi) is 199. The molecule has 0 saturated carbocycles. The molecule has 0 unspecified atom stereocenters. The summed E-state index contributed by atoms with van der Waals surface area (Å²) in [6, 6.07) is 0. The summed E-state index contributed by atoms with van der Waals surface area (Å²) in [7, 11) is 1.50. The first-order valence-electron chi connectivity index (χ1n) is 0.577. The van der Waals surface area contributed by atoms with E-state index >= 15 is 0 Å². The summed E-state index contributed by atoms with van der Waals surface area (Å²) in [6.45, 7) is 0. The van der Waals surface area contributed by atoms with Crippen molar-refractivity contribution in [3.63, 3.8) is 0 Å². The summed E-state index contributed by atoms with van der Waals surface area (Å²) < 4.78 is 0. The minimum absolute atomic E-state index is 0. The molecule has 0 aromatic carbocycles. The van der Waals surface area contributed by atoms with Gasteiger partial charge in [-0.25, -0.2) is 0 Å². The van der Waals surface area contributed by atoms with E-state index in [1.54, 1.807) is 0 Å². The molecular weight excluding hydrogens is 440 g/mol. The Morgan fingerprint density at radius 2 is 1.20 bits per heavy atom. The zero-order valence-corrected chi connectivity index (χ0v) is 12.6. The van der Waals surface area contributed by atoms with Crippen LogP contribution >= 0.6 is 41.0 Å². The predicted octanol–water partition coefficient (Wildman–Crippen LogP) is -0.145. The van der Waals surface area contributed by atoms with Gasteiger partial charge in [0, 0.05) is 0 Å². The third-order valence-electron chi connectivity index (χ3n) is 0. The average molecular weight is 449 g/mol. The third-order valence-corrected chi connectivity index (χ3v) is 0. The molecule has 36 valence electrons. The normalized spacial score (nSPS) is 1.20. The fourth-order valence-corrected chi connectivity index (χ4v) is 0. The maximum absolute atomic E-state index is 4.50. The van der Waals surface area contributed by atoms with Gasteiger partial charge in [0.05, 0.1) is 0 Å². The van der Waals surface area contributed by atoms with Gasteiger partial charge in [0.1, 0.15) is 0 Å². The predicted molar refractivity (Wildman–Crippen MR) is 44.4 cm³/mol. The first kappa shape index (κ1) is 27.5. The van der Waals surface area contributed by atoms with E-state index < -0.39 is 0 Å². The van der Waals surface area contributed by atoms with Crippen LogP contribution in [0.25, 0.3) is 0 Å². The maximum atomic E-state index is 4.50. The molecule has 0 aliphatic heterocycles. The number of hydrogen-bond acceptors (Lipinski definition) is 1. The van der Waals surface area contributed by atoms with Gasteiger partial charge in [0.2, 0.25) is 0 Å². The molecule has 0 bridgehead atoms. The van der Waals surface area contributed by atoms with Crippen molar-refractivity contribution in [2.24, 2.45) is 5.73 Å². The Hall–Kier alpha value is 2.09. The van der Waals surface area contributed by atoms with Crippen LogP contribution in [0.3, 0.4) is 0 Å². The monoisotopic (exact) mass is 449 g/mol. The molecule has 5 heavy (non-hydrogen) atoms. The van der Waals surface area contributed by atoms with E-state index in [2.05, 4.69) is 5.73 Å². The zero-order chi connectivity index (χ0) is 2.00. The molecule has 2 radical (unpaired) electrons. The molecule has 4 heteroatoms. The molecule has 0 spiro atoms. The van der Waals surface area contributed by atoms with Gasteiger partial charge < -0.3 is 5.73 Å². The van der Waals surface area contributed by atoms with Gasteiger partial charge in [-0.05, 0) is 7.05 Å². The van der Waals surface area contributed by atoms with Crippen LogP contribution in [0, 0.1) is 0 Å². The number of hydrogen-bond donors (Lipinski definition) is 1. The van der Waals surface area contributed by atoms with Gasteiger partial charge in [-0.3, -0.25) is 0 Å². The molecule has 0 rings (SSSR count). The van der Waals surface area contributed by atoms with Gasteiger partial charge in [-0.2, -0.15) is 0 Å². The average Bonchev–Trinajstić information content (AvgIpc) is 1.00. The first-order chi connectivity index (χ1) is 1.00. The first-order valence-corrected chi connectivity index (χ1v) is 0.577. The quantitative estimate of drug-likeness (QED) is 0.405. The van der Waals surface area contributed by atoms with Crippen molar-refractivity contribution in [3.05, 3.63) is 0 Å². The fourth-order valence-electron chi connectivity index (χ4n) is 0. The molecule has 0 aliphatic rings. The Balaban J connectivity index is -0.00000000167. The van der Waals surface area contributed by atoms with Crippen molar-refractivity contribution in [2.75, 3.05) is 7.05 Å². The Labute approximate surface area is 80.0 Å². The van der Waals surface area contributed by atoms with Gasteiger partial charge in [-0.15, -0.1) is 41.0 Å². The molecule has 0 aromatic heterocycles. The molecule has 2 N–H and O–H groups in total. The SMILES string of the molecule is Br.CN.I.[PbH2]. The molecule has 1 nitrogen and oxygen atoms in total. The molecule has 0 fully saturated rings. The number of halogens is 2. The van der Waals surface area contributed by atoms with Crippen LogP contribution in [0.5, 0.6) is 0 Å². The summed E-state index contributed by atoms with van der Waals surface area (Å²) in [5.74, 6) is 0. The second-order valence-electron chi connectivity index (χ2n) is 0. The molecule has 0 saturated heterocycles. The molecule has 0 heterocycles. The van der Waals surface area contributed by atoms with E-state index in [0.29, 0.717) is 0 Å². The molecular formula is CH9BrINPb. The van der Waals surface area contributed by atoms with Crippen LogP contribution in [0.15, 0.2) is 0 Å². The van der Waals surface area contributed by atoms with E-state index in [4.69, 9.17) is 0 Å². The van der Waals surface area contributed by atoms with Crippen LogP contribution < -0.4 is 5.73 Å². The minimum atomic E-state index is 0. The van der Waals surface area contributed by atoms with Gasteiger partial charge >= 0.3 is 27.3 Å². The molecule has 0 amide bonds. The molecule has 0 aliphatic carbocycles. The van der Waals surface area contributed by atoms with E-state index in [0.717, 1.165) is 0 Å². The number of rotatable bonds is 0. The van der Waals surface area contributed by atoms with Crippen molar-refractivity contribution in [1.29, 1.82) is 0 Å². The third kappa shape index (κ3) is 23.3.